The number of nitrogens with one attached hydrogen (secondary N) is 2. The second kappa shape index (κ2) is 9.73. The number of likely N-dealkylation sites (tertiary alicyclic amines) is 1. The molecule has 3 N–H and O–H groups in total. The standard InChI is InChI=1S/C20H23BrF2N4O4/c1-10(2)16(26-20(29)30)18(28)27-9-13(31-19(22)23)7-15(27)17-24-8-14(25-17)11-3-5-12(21)6-4-11/h3-6,8,10,13,15-16,19,26H,7,9H2,1-2H3,(H,24,25)(H,29,30). The van der Waals surface area contributed by atoms with Crippen molar-refractivity contribution in [2.45, 2.75) is 45.1 Å². The van der Waals surface area contributed by atoms with E-state index in [4.69, 9.17) is 5.11 Å². The van der Waals surface area contributed by atoms with Gasteiger partial charge in [-0.1, -0.05) is 41.9 Å². The zero-order valence-electron chi connectivity index (χ0n) is 16.9. The highest BCUT2D eigenvalue weighted by Gasteiger charge is 2.42. The minimum Gasteiger partial charge on any atom is -0.465 e. The van der Waals surface area contributed by atoms with E-state index in [9.17, 15) is 18.4 Å². The highest BCUT2D eigenvalue weighted by molar-refractivity contribution is 9.10. The summed E-state index contributed by atoms with van der Waals surface area (Å²) in [5, 5.41) is 11.3. The zero-order chi connectivity index (χ0) is 22.7. The van der Waals surface area contributed by atoms with Crippen LogP contribution in [0.4, 0.5) is 13.6 Å². The lowest BCUT2D eigenvalue weighted by Crippen LogP contribution is -2.51. The number of amides is 2. The molecule has 1 aliphatic heterocycles. The minimum atomic E-state index is -2.98. The summed E-state index contributed by atoms with van der Waals surface area (Å²) < 4.78 is 31.2. The van der Waals surface area contributed by atoms with Crippen molar-refractivity contribution in [3.63, 3.8) is 0 Å². The zero-order valence-corrected chi connectivity index (χ0v) is 18.5. The van der Waals surface area contributed by atoms with Gasteiger partial charge in [0.1, 0.15) is 11.9 Å². The van der Waals surface area contributed by atoms with Gasteiger partial charge in [0.15, 0.2) is 0 Å². The minimum absolute atomic E-state index is 0.0906. The van der Waals surface area contributed by atoms with Crippen LogP contribution in [0.5, 0.6) is 0 Å². The molecule has 1 aliphatic rings. The van der Waals surface area contributed by atoms with Gasteiger partial charge in [0.2, 0.25) is 5.91 Å². The highest BCUT2D eigenvalue weighted by Crippen LogP contribution is 2.35. The van der Waals surface area contributed by atoms with Crippen molar-refractivity contribution < 1.29 is 28.2 Å². The fourth-order valence-electron chi connectivity index (χ4n) is 3.65. The SMILES string of the molecule is CC(C)C(NC(=O)O)C(=O)N1CC(OC(F)F)CC1c1ncc(-c2ccc(Br)cc2)[nH]1. The molecule has 0 bridgehead atoms. The Labute approximate surface area is 186 Å². The quantitative estimate of drug-likeness (QED) is 0.532. The van der Waals surface area contributed by atoms with Crippen LogP contribution in [0.2, 0.25) is 0 Å². The number of alkyl halides is 2. The van der Waals surface area contributed by atoms with Crippen LogP contribution in [0.1, 0.15) is 32.1 Å². The number of carbonyl (C=O) groups excluding carboxylic acids is 1. The number of benzene rings is 1. The number of carboxylic acid groups (broad SMARTS) is 1. The summed E-state index contributed by atoms with van der Waals surface area (Å²) in [6.07, 6.45) is -0.509. The molecule has 1 fully saturated rings. The van der Waals surface area contributed by atoms with Crippen LogP contribution in [0.3, 0.4) is 0 Å². The molecule has 2 aromatic rings. The molecule has 0 saturated carbocycles. The van der Waals surface area contributed by atoms with Gasteiger partial charge in [0.05, 0.1) is 24.0 Å². The number of H-pyrrole nitrogens is 1. The molecule has 31 heavy (non-hydrogen) atoms. The van der Waals surface area contributed by atoms with Crippen LogP contribution in [-0.2, 0) is 9.53 Å². The molecule has 3 unspecified atom stereocenters. The fraction of sp³-hybridized carbons (Fsp3) is 0.450. The molecule has 2 heterocycles. The number of imidazole rings is 1. The number of ether oxygens (including phenoxy) is 1. The van der Waals surface area contributed by atoms with Crippen molar-refractivity contribution >= 4 is 27.9 Å². The lowest BCUT2D eigenvalue weighted by atomic mass is 10.0. The Hall–Kier alpha value is -2.53. The predicted molar refractivity (Wildman–Crippen MR) is 111 cm³/mol. The lowest BCUT2D eigenvalue weighted by Gasteiger charge is -2.29. The van der Waals surface area contributed by atoms with Crippen molar-refractivity contribution in [1.82, 2.24) is 20.2 Å². The molecule has 0 aliphatic carbocycles. The van der Waals surface area contributed by atoms with Crippen molar-refractivity contribution in [1.29, 1.82) is 0 Å². The normalized spacial score (nSPS) is 19.8. The number of carbonyl (C=O) groups is 2. The van der Waals surface area contributed by atoms with Gasteiger partial charge in [0, 0.05) is 17.4 Å². The van der Waals surface area contributed by atoms with E-state index in [1.54, 1.807) is 20.0 Å². The highest BCUT2D eigenvalue weighted by atomic mass is 79.9. The number of hydrogen-bond acceptors (Lipinski definition) is 4. The van der Waals surface area contributed by atoms with Gasteiger partial charge in [0.25, 0.3) is 0 Å². The first-order chi connectivity index (χ1) is 14.7. The van der Waals surface area contributed by atoms with Crippen LogP contribution >= 0.6 is 15.9 Å². The Kier molecular flexibility index (Phi) is 7.26. The third kappa shape index (κ3) is 5.59. The monoisotopic (exact) mass is 500 g/mol. The van der Waals surface area contributed by atoms with Crippen molar-refractivity contribution in [2.24, 2.45) is 5.92 Å². The number of aromatic nitrogens is 2. The lowest BCUT2D eigenvalue weighted by molar-refractivity contribution is -0.160. The summed E-state index contributed by atoms with van der Waals surface area (Å²) in [6, 6.07) is 5.83. The van der Waals surface area contributed by atoms with Crippen LogP contribution in [0, 0.1) is 5.92 Å². The summed E-state index contributed by atoms with van der Waals surface area (Å²) in [5.41, 5.74) is 1.57. The summed E-state index contributed by atoms with van der Waals surface area (Å²) in [6.45, 7) is 0.339. The first kappa shape index (κ1) is 23.1. The number of aromatic amines is 1. The Morgan fingerprint density at radius 2 is 2.00 bits per heavy atom. The van der Waals surface area contributed by atoms with Gasteiger partial charge in [-0.15, -0.1) is 0 Å². The molecular formula is C20H23BrF2N4O4. The van der Waals surface area contributed by atoms with Gasteiger partial charge in [-0.05, 0) is 23.6 Å². The Bertz CT molecular complexity index is 922. The van der Waals surface area contributed by atoms with Gasteiger partial charge in [-0.3, -0.25) is 4.79 Å². The second-order valence-electron chi connectivity index (χ2n) is 7.62. The summed E-state index contributed by atoms with van der Waals surface area (Å²) in [5.74, 6) is -0.428. The Morgan fingerprint density at radius 3 is 2.58 bits per heavy atom. The number of hydrogen-bond donors (Lipinski definition) is 3. The maximum absolute atomic E-state index is 13.2. The van der Waals surface area contributed by atoms with E-state index in [1.165, 1.54) is 4.90 Å². The molecule has 1 aromatic carbocycles. The molecule has 11 heteroatoms. The molecular weight excluding hydrogens is 478 g/mol. The van der Waals surface area contributed by atoms with E-state index < -0.39 is 36.8 Å². The molecule has 3 rings (SSSR count). The summed E-state index contributed by atoms with van der Waals surface area (Å²) in [4.78, 5) is 33.2. The fourth-order valence-corrected chi connectivity index (χ4v) is 3.92. The molecule has 1 aromatic heterocycles. The topological polar surface area (TPSA) is 108 Å². The first-order valence-electron chi connectivity index (χ1n) is 9.70. The molecule has 168 valence electrons. The van der Waals surface area contributed by atoms with Crippen molar-refractivity contribution in [2.75, 3.05) is 6.54 Å². The molecule has 0 spiro atoms. The van der Waals surface area contributed by atoms with Crippen LogP contribution in [0.25, 0.3) is 11.3 Å². The smallest absolute Gasteiger partial charge is 0.405 e. The maximum atomic E-state index is 13.2. The average molecular weight is 501 g/mol. The van der Waals surface area contributed by atoms with Crippen LogP contribution < -0.4 is 5.32 Å². The van der Waals surface area contributed by atoms with Gasteiger partial charge < -0.3 is 25.0 Å². The van der Waals surface area contributed by atoms with Gasteiger partial charge in [-0.25, -0.2) is 9.78 Å². The largest absolute Gasteiger partial charge is 0.465 e. The Balaban J connectivity index is 1.89. The molecule has 3 atom stereocenters. The first-order valence-corrected chi connectivity index (χ1v) is 10.5. The van der Waals surface area contributed by atoms with Gasteiger partial charge >= 0.3 is 12.7 Å². The Morgan fingerprint density at radius 1 is 1.32 bits per heavy atom. The summed E-state index contributed by atoms with van der Waals surface area (Å²) >= 11 is 3.38. The average Bonchev–Trinajstić information content (AvgIpc) is 3.32. The second-order valence-corrected chi connectivity index (χ2v) is 8.54. The van der Waals surface area contributed by atoms with Gasteiger partial charge in [-0.2, -0.15) is 8.78 Å². The third-order valence-electron chi connectivity index (χ3n) is 5.12. The maximum Gasteiger partial charge on any atom is 0.405 e. The van der Waals surface area contributed by atoms with Crippen LogP contribution in [-0.4, -0.2) is 57.3 Å². The van der Waals surface area contributed by atoms with Crippen molar-refractivity contribution in [3.8, 4) is 11.3 Å². The number of nitrogens with zero attached hydrogens (tertiary/aromatic N) is 2. The number of rotatable bonds is 7. The molecule has 2 amide bonds. The molecule has 1 saturated heterocycles. The summed E-state index contributed by atoms with van der Waals surface area (Å²) in [7, 11) is 0. The van der Waals surface area contributed by atoms with E-state index >= 15 is 0 Å². The third-order valence-corrected chi connectivity index (χ3v) is 5.65. The van der Waals surface area contributed by atoms with E-state index in [-0.39, 0.29) is 18.9 Å². The van der Waals surface area contributed by atoms with E-state index in [0.717, 1.165) is 10.0 Å². The van der Waals surface area contributed by atoms with E-state index in [0.29, 0.717) is 11.5 Å². The molecule has 0 radical (unpaired) electrons. The van der Waals surface area contributed by atoms with E-state index in [1.807, 2.05) is 24.3 Å². The van der Waals surface area contributed by atoms with Crippen LogP contribution in [0.15, 0.2) is 34.9 Å². The van der Waals surface area contributed by atoms with E-state index in [2.05, 4.69) is 36.0 Å². The van der Waals surface area contributed by atoms with Crippen molar-refractivity contribution in [3.05, 3.63) is 40.8 Å². The predicted octanol–water partition coefficient (Wildman–Crippen LogP) is 4.01. The molecule has 8 nitrogen and oxygen atoms in total. The number of halogens is 3.